The molecule has 1 unspecified atom stereocenters. The maximum absolute atomic E-state index is 5.46. The molecule has 0 spiro atoms. The van der Waals surface area contributed by atoms with E-state index in [1.54, 1.807) is 7.11 Å². The molecule has 0 radical (unpaired) electrons. The summed E-state index contributed by atoms with van der Waals surface area (Å²) in [6, 6.07) is 0. The summed E-state index contributed by atoms with van der Waals surface area (Å²) in [5.41, 5.74) is 3.44. The molecule has 0 bridgehead atoms. The summed E-state index contributed by atoms with van der Waals surface area (Å²) >= 11 is 0. The number of hydrogen-bond acceptors (Lipinski definition) is 3. The summed E-state index contributed by atoms with van der Waals surface area (Å²) in [7, 11) is 3.73. The molecule has 1 N–H and O–H groups in total. The van der Waals surface area contributed by atoms with Gasteiger partial charge in [-0.25, -0.2) is 0 Å². The molecular weight excluding hydrogens is 224 g/mol. The van der Waals surface area contributed by atoms with Gasteiger partial charge in [0.1, 0.15) is 5.75 Å². The van der Waals surface area contributed by atoms with Crippen molar-refractivity contribution in [2.24, 2.45) is 11.8 Å². The molecule has 1 aromatic rings. The lowest BCUT2D eigenvalue weighted by molar-refractivity contribution is 0.364. The molecule has 0 saturated carbocycles. The molecule has 1 atom stereocenters. The summed E-state index contributed by atoms with van der Waals surface area (Å²) in [6.45, 7) is 9.70. The Labute approximate surface area is 111 Å². The standard InChI is InChI=1S/C15H26N2O/c1-10(2)13(9-16-5)7-14-12(4)15(18-6)11(3)8-17-14/h8,10,13,16H,7,9H2,1-6H3. The van der Waals surface area contributed by atoms with Crippen LogP contribution in [0.15, 0.2) is 6.20 Å². The van der Waals surface area contributed by atoms with Crippen LogP contribution in [-0.2, 0) is 6.42 Å². The lowest BCUT2D eigenvalue weighted by Crippen LogP contribution is -2.25. The van der Waals surface area contributed by atoms with Crippen LogP contribution in [0.25, 0.3) is 0 Å². The zero-order chi connectivity index (χ0) is 13.7. The van der Waals surface area contributed by atoms with Crippen molar-refractivity contribution < 1.29 is 4.74 Å². The minimum absolute atomic E-state index is 0.605. The quantitative estimate of drug-likeness (QED) is 0.843. The molecule has 1 rings (SSSR count). The van der Waals surface area contributed by atoms with Crippen LogP contribution in [0.5, 0.6) is 5.75 Å². The average Bonchev–Trinajstić information content (AvgIpc) is 2.32. The number of hydrogen-bond donors (Lipinski definition) is 1. The number of aryl methyl sites for hydroxylation is 1. The molecule has 3 heteroatoms. The third-order valence-electron chi connectivity index (χ3n) is 3.61. The summed E-state index contributed by atoms with van der Waals surface area (Å²) < 4.78 is 5.46. The highest BCUT2D eigenvalue weighted by Crippen LogP contribution is 2.26. The van der Waals surface area contributed by atoms with E-state index in [0.717, 1.165) is 30.0 Å². The SMILES string of the molecule is CNCC(Cc1ncc(C)c(OC)c1C)C(C)C. The van der Waals surface area contributed by atoms with Crippen molar-refractivity contribution in [3.8, 4) is 5.75 Å². The second-order valence-electron chi connectivity index (χ2n) is 5.31. The summed E-state index contributed by atoms with van der Waals surface area (Å²) in [5, 5.41) is 3.27. The lowest BCUT2D eigenvalue weighted by Gasteiger charge is -2.22. The van der Waals surface area contributed by atoms with Crippen LogP contribution >= 0.6 is 0 Å². The first-order valence-corrected chi connectivity index (χ1v) is 6.64. The Kier molecular flexibility index (Phi) is 5.60. The third kappa shape index (κ3) is 3.45. The van der Waals surface area contributed by atoms with Crippen LogP contribution in [0.4, 0.5) is 0 Å². The molecule has 0 aliphatic carbocycles. The van der Waals surface area contributed by atoms with E-state index in [-0.39, 0.29) is 0 Å². The van der Waals surface area contributed by atoms with Crippen molar-refractivity contribution in [1.82, 2.24) is 10.3 Å². The predicted molar refractivity (Wildman–Crippen MR) is 76.2 cm³/mol. The predicted octanol–water partition coefficient (Wildman–Crippen LogP) is 2.74. The highest BCUT2D eigenvalue weighted by Gasteiger charge is 2.17. The number of rotatable bonds is 6. The number of aromatic nitrogens is 1. The van der Waals surface area contributed by atoms with E-state index in [0.29, 0.717) is 11.8 Å². The molecule has 0 aliphatic heterocycles. The van der Waals surface area contributed by atoms with Crippen molar-refractivity contribution in [2.45, 2.75) is 34.1 Å². The lowest BCUT2D eigenvalue weighted by atomic mass is 9.89. The normalized spacial score (nSPS) is 12.8. The fourth-order valence-electron chi connectivity index (χ4n) is 2.33. The van der Waals surface area contributed by atoms with Gasteiger partial charge in [-0.15, -0.1) is 0 Å². The van der Waals surface area contributed by atoms with Crippen molar-refractivity contribution in [3.63, 3.8) is 0 Å². The highest BCUT2D eigenvalue weighted by atomic mass is 16.5. The average molecular weight is 250 g/mol. The zero-order valence-electron chi connectivity index (χ0n) is 12.5. The van der Waals surface area contributed by atoms with Gasteiger partial charge in [-0.2, -0.15) is 0 Å². The smallest absolute Gasteiger partial charge is 0.128 e. The molecule has 1 aromatic heterocycles. The van der Waals surface area contributed by atoms with E-state index in [1.807, 2.05) is 20.2 Å². The molecule has 18 heavy (non-hydrogen) atoms. The van der Waals surface area contributed by atoms with Gasteiger partial charge in [0.2, 0.25) is 0 Å². The first-order valence-electron chi connectivity index (χ1n) is 6.64. The first-order chi connectivity index (χ1) is 8.51. The molecular formula is C15H26N2O. The number of nitrogens with one attached hydrogen (secondary N) is 1. The third-order valence-corrected chi connectivity index (χ3v) is 3.61. The van der Waals surface area contributed by atoms with Gasteiger partial charge < -0.3 is 10.1 Å². The fraction of sp³-hybridized carbons (Fsp3) is 0.667. The van der Waals surface area contributed by atoms with Crippen LogP contribution in [-0.4, -0.2) is 25.7 Å². The van der Waals surface area contributed by atoms with Crippen LogP contribution in [0.1, 0.15) is 30.7 Å². The van der Waals surface area contributed by atoms with Crippen molar-refractivity contribution >= 4 is 0 Å². The van der Waals surface area contributed by atoms with Gasteiger partial charge in [-0.05, 0) is 45.7 Å². The molecule has 1 heterocycles. The minimum atomic E-state index is 0.605. The van der Waals surface area contributed by atoms with E-state index in [2.05, 4.69) is 31.1 Å². The molecule has 0 fully saturated rings. The topological polar surface area (TPSA) is 34.2 Å². The molecule has 102 valence electrons. The first kappa shape index (κ1) is 15.0. The zero-order valence-corrected chi connectivity index (χ0v) is 12.5. The molecule has 0 aliphatic rings. The van der Waals surface area contributed by atoms with Crippen LogP contribution in [0.2, 0.25) is 0 Å². The highest BCUT2D eigenvalue weighted by molar-refractivity contribution is 5.41. The van der Waals surface area contributed by atoms with Gasteiger partial charge in [0.25, 0.3) is 0 Å². The van der Waals surface area contributed by atoms with Crippen LogP contribution in [0, 0.1) is 25.7 Å². The molecule has 0 amide bonds. The summed E-state index contributed by atoms with van der Waals surface area (Å²) in [5.74, 6) is 2.23. The number of pyridine rings is 1. The van der Waals surface area contributed by atoms with E-state index < -0.39 is 0 Å². The Bertz CT molecular complexity index is 388. The van der Waals surface area contributed by atoms with Crippen LogP contribution in [0.3, 0.4) is 0 Å². The molecule has 3 nitrogen and oxygen atoms in total. The van der Waals surface area contributed by atoms with Gasteiger partial charge >= 0.3 is 0 Å². The molecule has 0 saturated heterocycles. The maximum atomic E-state index is 5.46. The number of nitrogens with zero attached hydrogens (tertiary/aromatic N) is 1. The monoisotopic (exact) mass is 250 g/mol. The maximum Gasteiger partial charge on any atom is 0.128 e. The van der Waals surface area contributed by atoms with E-state index in [4.69, 9.17) is 4.74 Å². The van der Waals surface area contributed by atoms with Crippen molar-refractivity contribution in [2.75, 3.05) is 20.7 Å². The second-order valence-corrected chi connectivity index (χ2v) is 5.31. The van der Waals surface area contributed by atoms with E-state index >= 15 is 0 Å². The van der Waals surface area contributed by atoms with Crippen molar-refractivity contribution in [3.05, 3.63) is 23.0 Å². The number of methoxy groups -OCH3 is 1. The van der Waals surface area contributed by atoms with Gasteiger partial charge in [-0.1, -0.05) is 13.8 Å². The Morgan fingerprint density at radius 1 is 1.33 bits per heavy atom. The van der Waals surface area contributed by atoms with Gasteiger partial charge in [0.15, 0.2) is 0 Å². The Morgan fingerprint density at radius 2 is 2.00 bits per heavy atom. The summed E-state index contributed by atoms with van der Waals surface area (Å²) in [6.07, 6.45) is 2.92. The second kappa shape index (κ2) is 6.74. The van der Waals surface area contributed by atoms with E-state index in [1.165, 1.54) is 5.56 Å². The minimum Gasteiger partial charge on any atom is -0.496 e. The van der Waals surface area contributed by atoms with Crippen LogP contribution < -0.4 is 10.1 Å². The van der Waals surface area contributed by atoms with Gasteiger partial charge in [-0.3, -0.25) is 4.98 Å². The summed E-state index contributed by atoms with van der Waals surface area (Å²) in [4.78, 5) is 4.58. The fourth-order valence-corrected chi connectivity index (χ4v) is 2.33. The Morgan fingerprint density at radius 3 is 2.50 bits per heavy atom. The Hall–Kier alpha value is -1.09. The molecule has 0 aromatic carbocycles. The van der Waals surface area contributed by atoms with E-state index in [9.17, 15) is 0 Å². The largest absolute Gasteiger partial charge is 0.496 e. The number of ether oxygens (including phenoxy) is 1. The van der Waals surface area contributed by atoms with Crippen molar-refractivity contribution in [1.29, 1.82) is 0 Å². The van der Waals surface area contributed by atoms with Gasteiger partial charge in [0, 0.05) is 23.0 Å². The Balaban J connectivity index is 2.96. The van der Waals surface area contributed by atoms with Gasteiger partial charge in [0.05, 0.1) is 7.11 Å².